The largest absolute Gasteiger partial charge is 0.457 e. The molecule has 4 nitrogen and oxygen atoms in total. The van der Waals surface area contributed by atoms with E-state index < -0.39 is 5.97 Å². The Labute approximate surface area is 161 Å². The lowest BCUT2D eigenvalue weighted by Crippen LogP contribution is -2.06. The highest BCUT2D eigenvalue weighted by atomic mass is 19.1. The molecule has 4 aromatic rings. The van der Waals surface area contributed by atoms with Gasteiger partial charge in [-0.2, -0.15) is 5.10 Å². The first-order chi connectivity index (χ1) is 13.7. The fourth-order valence-electron chi connectivity index (χ4n) is 2.85. The first-order valence-electron chi connectivity index (χ1n) is 8.83. The van der Waals surface area contributed by atoms with Crippen molar-refractivity contribution >= 4 is 5.97 Å². The van der Waals surface area contributed by atoms with Gasteiger partial charge >= 0.3 is 5.97 Å². The standard InChI is InChI=1S/C23H17FN2O2/c24-19-13-11-17(12-14-19)16-28-23(27)21-15-26(20-9-5-2-6-10-20)25-22(21)18-7-3-1-4-8-18/h1-15H,16H2. The topological polar surface area (TPSA) is 44.1 Å². The lowest BCUT2D eigenvalue weighted by Gasteiger charge is -2.05. The average molecular weight is 372 g/mol. The summed E-state index contributed by atoms with van der Waals surface area (Å²) in [5, 5.41) is 4.60. The normalized spacial score (nSPS) is 10.6. The molecule has 0 saturated carbocycles. The van der Waals surface area contributed by atoms with Gasteiger partial charge in [-0.3, -0.25) is 0 Å². The minimum atomic E-state index is -0.481. The van der Waals surface area contributed by atoms with Gasteiger partial charge in [0.2, 0.25) is 0 Å². The summed E-state index contributed by atoms with van der Waals surface area (Å²) < 4.78 is 20.2. The zero-order valence-corrected chi connectivity index (χ0v) is 15.0. The lowest BCUT2D eigenvalue weighted by molar-refractivity contribution is 0.0473. The molecule has 0 N–H and O–H groups in total. The van der Waals surface area contributed by atoms with Gasteiger partial charge in [-0.15, -0.1) is 0 Å². The predicted molar refractivity (Wildman–Crippen MR) is 105 cm³/mol. The minimum Gasteiger partial charge on any atom is -0.457 e. The van der Waals surface area contributed by atoms with Crippen LogP contribution >= 0.6 is 0 Å². The molecule has 0 amide bonds. The van der Waals surface area contributed by atoms with Gasteiger partial charge in [0.15, 0.2) is 0 Å². The number of esters is 1. The van der Waals surface area contributed by atoms with Gasteiger partial charge < -0.3 is 4.74 Å². The van der Waals surface area contributed by atoms with Crippen LogP contribution in [0.25, 0.3) is 16.9 Å². The van der Waals surface area contributed by atoms with E-state index in [4.69, 9.17) is 4.74 Å². The van der Waals surface area contributed by atoms with Gasteiger partial charge in [-0.05, 0) is 29.8 Å². The smallest absolute Gasteiger partial charge is 0.342 e. The van der Waals surface area contributed by atoms with Crippen LogP contribution in [0.4, 0.5) is 4.39 Å². The number of hydrogen-bond donors (Lipinski definition) is 0. The van der Waals surface area contributed by atoms with Crippen molar-refractivity contribution in [3.05, 3.63) is 108 Å². The molecule has 0 fully saturated rings. The molecule has 138 valence electrons. The van der Waals surface area contributed by atoms with Crippen molar-refractivity contribution < 1.29 is 13.9 Å². The van der Waals surface area contributed by atoms with Gasteiger partial charge in [0.1, 0.15) is 23.7 Å². The summed E-state index contributed by atoms with van der Waals surface area (Å²) in [7, 11) is 0. The molecule has 0 aliphatic heterocycles. The van der Waals surface area contributed by atoms with Gasteiger partial charge in [0.25, 0.3) is 0 Å². The van der Waals surface area contributed by atoms with Gasteiger partial charge in [0, 0.05) is 11.8 Å². The third kappa shape index (κ3) is 3.83. The fraction of sp³-hybridized carbons (Fsp3) is 0.0435. The zero-order chi connectivity index (χ0) is 19.3. The summed E-state index contributed by atoms with van der Waals surface area (Å²) in [5.74, 6) is -0.809. The first kappa shape index (κ1) is 17.7. The highest BCUT2D eigenvalue weighted by Crippen LogP contribution is 2.24. The third-order valence-corrected chi connectivity index (χ3v) is 4.29. The molecule has 0 aliphatic carbocycles. The van der Waals surface area contributed by atoms with Crippen LogP contribution in [0.15, 0.2) is 91.1 Å². The molecular formula is C23H17FN2O2. The second-order valence-electron chi connectivity index (χ2n) is 6.24. The van der Waals surface area contributed by atoms with E-state index in [0.717, 1.165) is 11.3 Å². The predicted octanol–water partition coefficient (Wildman–Crippen LogP) is 5.04. The van der Waals surface area contributed by atoms with Crippen molar-refractivity contribution in [3.8, 4) is 16.9 Å². The number of aromatic nitrogens is 2. The Balaban J connectivity index is 1.65. The summed E-state index contributed by atoms with van der Waals surface area (Å²) in [6.07, 6.45) is 1.67. The monoisotopic (exact) mass is 372 g/mol. The molecule has 0 aliphatic rings. The van der Waals surface area contributed by atoms with Gasteiger partial charge in [-0.25, -0.2) is 13.9 Å². The van der Waals surface area contributed by atoms with Crippen LogP contribution in [0.2, 0.25) is 0 Å². The van der Waals surface area contributed by atoms with Crippen LogP contribution in [0.3, 0.4) is 0 Å². The minimum absolute atomic E-state index is 0.0594. The van der Waals surface area contributed by atoms with Crippen molar-refractivity contribution in [1.82, 2.24) is 9.78 Å². The summed E-state index contributed by atoms with van der Waals surface area (Å²) in [6, 6.07) is 24.9. The molecule has 0 atom stereocenters. The summed E-state index contributed by atoms with van der Waals surface area (Å²) in [4.78, 5) is 12.8. The van der Waals surface area contributed by atoms with Crippen LogP contribution < -0.4 is 0 Å². The highest BCUT2D eigenvalue weighted by Gasteiger charge is 2.20. The van der Waals surface area contributed by atoms with Crippen molar-refractivity contribution in [3.63, 3.8) is 0 Å². The Morgan fingerprint density at radius 2 is 1.54 bits per heavy atom. The van der Waals surface area contributed by atoms with Crippen LogP contribution in [-0.2, 0) is 11.3 Å². The van der Waals surface area contributed by atoms with Gasteiger partial charge in [0.05, 0.1) is 5.69 Å². The number of hydrogen-bond acceptors (Lipinski definition) is 3. The first-order valence-corrected chi connectivity index (χ1v) is 8.83. The molecule has 5 heteroatoms. The summed E-state index contributed by atoms with van der Waals surface area (Å²) >= 11 is 0. The van der Waals surface area contributed by atoms with E-state index in [1.54, 1.807) is 23.0 Å². The van der Waals surface area contributed by atoms with E-state index in [-0.39, 0.29) is 12.4 Å². The van der Waals surface area contributed by atoms with Crippen molar-refractivity contribution in [2.24, 2.45) is 0 Å². The molecule has 3 aromatic carbocycles. The van der Waals surface area contributed by atoms with Crippen LogP contribution in [0, 0.1) is 5.82 Å². The van der Waals surface area contributed by atoms with E-state index in [1.165, 1.54) is 12.1 Å². The molecular weight excluding hydrogens is 355 g/mol. The molecule has 0 bridgehead atoms. The van der Waals surface area contributed by atoms with Crippen LogP contribution in [0.5, 0.6) is 0 Å². The van der Waals surface area contributed by atoms with E-state index in [0.29, 0.717) is 16.8 Å². The number of halogens is 1. The number of para-hydroxylation sites is 1. The SMILES string of the molecule is O=C(OCc1ccc(F)cc1)c1cn(-c2ccccc2)nc1-c1ccccc1. The summed E-state index contributed by atoms with van der Waals surface area (Å²) in [6.45, 7) is 0.0594. The molecule has 4 rings (SSSR count). The number of nitrogens with zero attached hydrogens (tertiary/aromatic N) is 2. The Bertz CT molecular complexity index is 1070. The Morgan fingerprint density at radius 3 is 2.21 bits per heavy atom. The van der Waals surface area contributed by atoms with Gasteiger partial charge in [-0.1, -0.05) is 60.7 Å². The van der Waals surface area contributed by atoms with Crippen molar-refractivity contribution in [1.29, 1.82) is 0 Å². The Hall–Kier alpha value is -3.73. The molecule has 28 heavy (non-hydrogen) atoms. The maximum atomic E-state index is 13.0. The molecule has 0 radical (unpaired) electrons. The number of benzene rings is 3. The molecule has 0 saturated heterocycles. The quantitative estimate of drug-likeness (QED) is 0.461. The van der Waals surface area contributed by atoms with Crippen molar-refractivity contribution in [2.45, 2.75) is 6.61 Å². The van der Waals surface area contributed by atoms with Crippen LogP contribution in [0.1, 0.15) is 15.9 Å². The second-order valence-corrected chi connectivity index (χ2v) is 6.24. The molecule has 1 heterocycles. The van der Waals surface area contributed by atoms with E-state index in [9.17, 15) is 9.18 Å². The number of rotatable bonds is 5. The number of ether oxygens (including phenoxy) is 1. The molecule has 0 spiro atoms. The third-order valence-electron chi connectivity index (χ3n) is 4.29. The number of carbonyl (C=O) groups excluding carboxylic acids is 1. The van der Waals surface area contributed by atoms with E-state index >= 15 is 0 Å². The average Bonchev–Trinajstić information content (AvgIpc) is 3.20. The molecule has 1 aromatic heterocycles. The maximum absolute atomic E-state index is 13.0. The van der Waals surface area contributed by atoms with E-state index in [2.05, 4.69) is 5.10 Å². The Morgan fingerprint density at radius 1 is 0.893 bits per heavy atom. The lowest BCUT2D eigenvalue weighted by atomic mass is 10.1. The zero-order valence-electron chi connectivity index (χ0n) is 15.0. The van der Waals surface area contributed by atoms with Crippen LogP contribution in [-0.4, -0.2) is 15.7 Å². The molecule has 0 unspecified atom stereocenters. The maximum Gasteiger partial charge on any atom is 0.342 e. The highest BCUT2D eigenvalue weighted by molar-refractivity contribution is 5.96. The Kier molecular flexibility index (Phi) is 4.97. The second kappa shape index (κ2) is 7.88. The number of carbonyl (C=O) groups is 1. The van der Waals surface area contributed by atoms with Crippen molar-refractivity contribution in [2.75, 3.05) is 0 Å². The summed E-state index contributed by atoms with van der Waals surface area (Å²) in [5.41, 5.74) is 3.31. The fourth-order valence-corrected chi connectivity index (χ4v) is 2.85. The van der Waals surface area contributed by atoms with E-state index in [1.807, 2.05) is 60.7 Å².